The van der Waals surface area contributed by atoms with Crippen LogP contribution in [0.4, 0.5) is 5.13 Å². The Labute approximate surface area is 163 Å². The van der Waals surface area contributed by atoms with Crippen LogP contribution in [0.3, 0.4) is 0 Å². The number of anilines is 1. The van der Waals surface area contributed by atoms with Crippen LogP contribution in [-0.4, -0.2) is 45.9 Å². The maximum atomic E-state index is 12.7. The standard InChI is InChI=1S/C19H26N4O3S/c1-6-23-8-7-13-14(9-23)27-19(21-13)22-17(24)16-11(4)15(12(5)20-16)18(25)26-10(2)3/h10,20H,6-9H2,1-5H3,(H,21,22,24). The Hall–Kier alpha value is -2.19. The van der Waals surface area contributed by atoms with Crippen molar-refractivity contribution in [3.63, 3.8) is 0 Å². The van der Waals surface area contributed by atoms with Crippen LogP contribution in [0.25, 0.3) is 0 Å². The largest absolute Gasteiger partial charge is 0.459 e. The van der Waals surface area contributed by atoms with Crippen molar-refractivity contribution < 1.29 is 14.3 Å². The minimum Gasteiger partial charge on any atom is -0.459 e. The third-order valence-corrected chi connectivity index (χ3v) is 5.69. The molecular formula is C19H26N4O3S. The summed E-state index contributed by atoms with van der Waals surface area (Å²) in [6.45, 7) is 12.1. The number of carbonyl (C=O) groups is 2. The van der Waals surface area contributed by atoms with E-state index in [2.05, 4.69) is 27.1 Å². The Balaban J connectivity index is 1.78. The summed E-state index contributed by atoms with van der Waals surface area (Å²) < 4.78 is 5.28. The summed E-state index contributed by atoms with van der Waals surface area (Å²) in [7, 11) is 0. The zero-order chi connectivity index (χ0) is 19.7. The number of H-pyrrole nitrogens is 1. The number of thiazole rings is 1. The van der Waals surface area contributed by atoms with Crippen LogP contribution < -0.4 is 5.32 Å². The molecule has 0 radical (unpaired) electrons. The smallest absolute Gasteiger partial charge is 0.340 e. The first-order valence-electron chi connectivity index (χ1n) is 9.22. The monoisotopic (exact) mass is 390 g/mol. The maximum absolute atomic E-state index is 12.7. The molecule has 0 saturated carbocycles. The van der Waals surface area contributed by atoms with Crippen molar-refractivity contribution in [1.29, 1.82) is 0 Å². The summed E-state index contributed by atoms with van der Waals surface area (Å²) in [5.74, 6) is -0.711. The number of nitrogens with one attached hydrogen (secondary N) is 2. The average Bonchev–Trinajstić information content (AvgIpc) is 3.12. The van der Waals surface area contributed by atoms with E-state index in [0.29, 0.717) is 27.6 Å². The van der Waals surface area contributed by atoms with E-state index in [4.69, 9.17) is 4.74 Å². The number of amides is 1. The lowest BCUT2D eigenvalue weighted by atomic mass is 10.1. The van der Waals surface area contributed by atoms with Crippen LogP contribution in [0, 0.1) is 13.8 Å². The molecular weight excluding hydrogens is 364 g/mol. The third kappa shape index (κ3) is 4.06. The zero-order valence-corrected chi connectivity index (χ0v) is 17.2. The number of nitrogens with zero attached hydrogens (tertiary/aromatic N) is 2. The summed E-state index contributed by atoms with van der Waals surface area (Å²) in [6.07, 6.45) is 0.689. The Morgan fingerprint density at radius 2 is 2.11 bits per heavy atom. The molecule has 0 bridgehead atoms. The second-order valence-electron chi connectivity index (χ2n) is 7.04. The molecule has 0 unspecified atom stereocenters. The number of aromatic amines is 1. The molecule has 0 saturated heterocycles. The summed E-state index contributed by atoms with van der Waals surface area (Å²) >= 11 is 1.52. The van der Waals surface area contributed by atoms with E-state index in [1.165, 1.54) is 16.2 Å². The summed E-state index contributed by atoms with van der Waals surface area (Å²) in [6, 6.07) is 0. The number of ether oxygens (including phenoxy) is 1. The van der Waals surface area contributed by atoms with E-state index in [-0.39, 0.29) is 12.0 Å². The van der Waals surface area contributed by atoms with Crippen LogP contribution in [0.15, 0.2) is 0 Å². The number of aromatic nitrogens is 2. The van der Waals surface area contributed by atoms with Gasteiger partial charge in [0.15, 0.2) is 5.13 Å². The van der Waals surface area contributed by atoms with Crippen molar-refractivity contribution in [2.75, 3.05) is 18.4 Å². The molecule has 0 aromatic carbocycles. The molecule has 1 aliphatic heterocycles. The fourth-order valence-electron chi connectivity index (χ4n) is 3.29. The van der Waals surface area contributed by atoms with Crippen LogP contribution in [0.1, 0.15) is 63.4 Å². The van der Waals surface area contributed by atoms with Gasteiger partial charge in [0.25, 0.3) is 5.91 Å². The Bertz CT molecular complexity index is 869. The van der Waals surface area contributed by atoms with Gasteiger partial charge in [-0.2, -0.15) is 0 Å². The molecule has 3 heterocycles. The van der Waals surface area contributed by atoms with Crippen LogP contribution in [0.5, 0.6) is 0 Å². The molecule has 2 N–H and O–H groups in total. The molecule has 0 spiro atoms. The van der Waals surface area contributed by atoms with Gasteiger partial charge in [0.05, 0.1) is 17.4 Å². The minimum atomic E-state index is -0.417. The minimum absolute atomic E-state index is 0.215. The second-order valence-corrected chi connectivity index (χ2v) is 8.12. The summed E-state index contributed by atoms with van der Waals surface area (Å²) in [4.78, 5) is 36.2. The highest BCUT2D eigenvalue weighted by Crippen LogP contribution is 2.29. The number of likely N-dealkylation sites (N-methyl/N-ethyl adjacent to an activating group) is 1. The topological polar surface area (TPSA) is 87.3 Å². The Kier molecular flexibility index (Phi) is 5.67. The van der Waals surface area contributed by atoms with Crippen molar-refractivity contribution in [1.82, 2.24) is 14.9 Å². The van der Waals surface area contributed by atoms with Crippen molar-refractivity contribution in [2.24, 2.45) is 0 Å². The van der Waals surface area contributed by atoms with E-state index in [9.17, 15) is 9.59 Å². The molecule has 27 heavy (non-hydrogen) atoms. The average molecular weight is 391 g/mol. The lowest BCUT2D eigenvalue weighted by Crippen LogP contribution is -2.29. The van der Waals surface area contributed by atoms with Crippen molar-refractivity contribution >= 4 is 28.3 Å². The quantitative estimate of drug-likeness (QED) is 0.765. The number of carbonyl (C=O) groups excluding carboxylic acids is 2. The number of esters is 1. The highest BCUT2D eigenvalue weighted by Gasteiger charge is 2.25. The van der Waals surface area contributed by atoms with Gasteiger partial charge in [0.1, 0.15) is 5.69 Å². The molecule has 0 atom stereocenters. The maximum Gasteiger partial charge on any atom is 0.340 e. The van der Waals surface area contributed by atoms with Gasteiger partial charge in [0, 0.05) is 30.1 Å². The van der Waals surface area contributed by atoms with Gasteiger partial charge in [-0.3, -0.25) is 15.0 Å². The molecule has 2 aromatic heterocycles. The van der Waals surface area contributed by atoms with Crippen molar-refractivity contribution in [3.05, 3.63) is 33.1 Å². The van der Waals surface area contributed by atoms with Crippen LogP contribution in [0.2, 0.25) is 0 Å². The first-order chi connectivity index (χ1) is 12.8. The van der Waals surface area contributed by atoms with Crippen molar-refractivity contribution in [3.8, 4) is 0 Å². The number of fused-ring (bicyclic) bond motifs is 1. The fraction of sp³-hybridized carbons (Fsp3) is 0.526. The number of hydrogen-bond acceptors (Lipinski definition) is 6. The molecule has 0 aliphatic carbocycles. The first kappa shape index (κ1) is 19.6. The normalized spacial score (nSPS) is 14.3. The zero-order valence-electron chi connectivity index (χ0n) is 16.4. The van der Waals surface area contributed by atoms with Gasteiger partial charge < -0.3 is 9.72 Å². The summed E-state index contributed by atoms with van der Waals surface area (Å²) in [5.41, 5.74) is 3.08. The van der Waals surface area contributed by atoms with Crippen LogP contribution in [-0.2, 0) is 17.7 Å². The molecule has 7 nitrogen and oxygen atoms in total. The molecule has 0 fully saturated rings. The lowest BCUT2D eigenvalue weighted by molar-refractivity contribution is 0.0376. The molecule has 2 aromatic rings. The lowest BCUT2D eigenvalue weighted by Gasteiger charge is -2.23. The Morgan fingerprint density at radius 1 is 1.37 bits per heavy atom. The van der Waals surface area contributed by atoms with Crippen molar-refractivity contribution in [2.45, 2.75) is 53.7 Å². The molecule has 1 amide bonds. The fourth-order valence-corrected chi connectivity index (χ4v) is 4.33. The second kappa shape index (κ2) is 7.82. The predicted molar refractivity (Wildman–Crippen MR) is 106 cm³/mol. The van der Waals surface area contributed by atoms with Gasteiger partial charge in [0.2, 0.25) is 0 Å². The molecule has 146 valence electrons. The van der Waals surface area contributed by atoms with E-state index < -0.39 is 5.97 Å². The highest BCUT2D eigenvalue weighted by molar-refractivity contribution is 7.15. The Morgan fingerprint density at radius 3 is 2.78 bits per heavy atom. The van der Waals surface area contributed by atoms with E-state index in [0.717, 1.165) is 31.7 Å². The summed E-state index contributed by atoms with van der Waals surface area (Å²) in [5, 5.41) is 3.47. The molecule has 8 heteroatoms. The van der Waals surface area contributed by atoms with E-state index >= 15 is 0 Å². The van der Waals surface area contributed by atoms with E-state index in [1.54, 1.807) is 27.7 Å². The highest BCUT2D eigenvalue weighted by atomic mass is 32.1. The van der Waals surface area contributed by atoms with Gasteiger partial charge in [-0.15, -0.1) is 11.3 Å². The van der Waals surface area contributed by atoms with Gasteiger partial charge in [-0.05, 0) is 39.8 Å². The SMILES string of the molecule is CCN1CCc2nc(NC(=O)c3[nH]c(C)c(C(=O)OC(C)C)c3C)sc2C1. The number of rotatable bonds is 5. The first-order valence-corrected chi connectivity index (χ1v) is 10.0. The predicted octanol–water partition coefficient (Wildman–Crippen LogP) is 3.28. The van der Waals surface area contributed by atoms with Gasteiger partial charge >= 0.3 is 5.97 Å². The van der Waals surface area contributed by atoms with E-state index in [1.807, 2.05) is 0 Å². The molecule has 1 aliphatic rings. The number of aryl methyl sites for hydroxylation is 1. The van der Waals surface area contributed by atoms with Gasteiger partial charge in [-0.1, -0.05) is 6.92 Å². The van der Waals surface area contributed by atoms with Gasteiger partial charge in [-0.25, -0.2) is 9.78 Å². The molecule has 3 rings (SSSR count). The third-order valence-electron chi connectivity index (χ3n) is 4.69. The van der Waals surface area contributed by atoms with Crippen LogP contribution >= 0.6 is 11.3 Å². The number of hydrogen-bond donors (Lipinski definition) is 2.